The monoisotopic (exact) mass is 587 g/mol. The molecule has 0 unspecified atom stereocenters. The fourth-order valence-corrected chi connectivity index (χ4v) is 5.27. The molecular weight excluding hydrogens is 564 g/mol. The molecule has 1 N–H and O–H groups in total. The lowest BCUT2D eigenvalue weighted by Gasteiger charge is -2.20. The number of hydrogen-bond acceptors (Lipinski definition) is 6. The van der Waals surface area contributed by atoms with Gasteiger partial charge in [0.05, 0.1) is 23.2 Å². The first-order chi connectivity index (χ1) is 20.0. The molecule has 1 amide bonds. The Balaban J connectivity index is 1.63. The highest BCUT2D eigenvalue weighted by atomic mass is 32.2. The molecule has 6 aromatic rings. The number of imidazole rings is 1. The summed E-state index contributed by atoms with van der Waals surface area (Å²) in [6.45, 7) is 0. The molecule has 0 spiro atoms. The zero-order valence-electron chi connectivity index (χ0n) is 22.6. The number of carbonyl (C=O) groups is 1. The smallest absolute Gasteiger partial charge is 0.255 e. The molecule has 3 aromatic heterocycles. The summed E-state index contributed by atoms with van der Waals surface area (Å²) in [7, 11) is -0.845. The van der Waals surface area contributed by atoms with Crippen LogP contribution in [0, 0.1) is 11.6 Å². The first kappa shape index (κ1) is 27.1. The van der Waals surface area contributed by atoms with Crippen LogP contribution in [0.15, 0.2) is 83.5 Å². The number of pyridine rings is 1. The third kappa shape index (κ3) is 4.65. The number of halogens is 2. The maximum atomic E-state index is 13.7. The van der Waals surface area contributed by atoms with Crippen LogP contribution in [-0.4, -0.2) is 49.2 Å². The lowest BCUT2D eigenvalue weighted by atomic mass is 10.0. The molecule has 3 aromatic carbocycles. The lowest BCUT2D eigenvalue weighted by Crippen LogP contribution is -2.25. The molecule has 0 saturated heterocycles. The zero-order valence-corrected chi connectivity index (χ0v) is 23.4. The van der Waals surface area contributed by atoms with Gasteiger partial charge < -0.3 is 9.73 Å². The maximum absolute atomic E-state index is 13.7. The number of sulfonamides is 1. The van der Waals surface area contributed by atoms with Gasteiger partial charge in [0.25, 0.3) is 5.91 Å². The lowest BCUT2D eigenvalue weighted by molar-refractivity contribution is 0.0964. The highest BCUT2D eigenvalue weighted by Gasteiger charge is 2.26. The predicted molar refractivity (Wildman–Crippen MR) is 156 cm³/mol. The van der Waals surface area contributed by atoms with Gasteiger partial charge in [0.2, 0.25) is 10.0 Å². The Labute approximate surface area is 239 Å². The Morgan fingerprint density at radius 1 is 0.976 bits per heavy atom. The molecular formula is C30H23F2N5O4S. The third-order valence-electron chi connectivity index (χ3n) is 6.98. The highest BCUT2D eigenvalue weighted by molar-refractivity contribution is 7.92. The number of anilines is 1. The average Bonchev–Trinajstić information content (AvgIpc) is 3.57. The van der Waals surface area contributed by atoms with Gasteiger partial charge >= 0.3 is 0 Å². The number of aromatic nitrogens is 3. The van der Waals surface area contributed by atoms with Crippen molar-refractivity contribution < 1.29 is 26.4 Å². The van der Waals surface area contributed by atoms with Crippen molar-refractivity contribution in [2.45, 2.75) is 0 Å². The van der Waals surface area contributed by atoms with Gasteiger partial charge in [0.15, 0.2) is 5.65 Å². The van der Waals surface area contributed by atoms with E-state index >= 15 is 0 Å². The molecule has 6 rings (SSSR count). The minimum atomic E-state index is -3.73. The Kier molecular flexibility index (Phi) is 6.49. The van der Waals surface area contributed by atoms with Crippen molar-refractivity contribution in [1.82, 2.24) is 19.9 Å². The van der Waals surface area contributed by atoms with Crippen molar-refractivity contribution in [1.29, 1.82) is 0 Å². The predicted octanol–water partition coefficient (Wildman–Crippen LogP) is 5.53. The summed E-state index contributed by atoms with van der Waals surface area (Å²) in [5, 5.41) is 3.02. The SMILES string of the molecule is CNC(=O)c1c(-c2ccc(F)cc2)oc2cc(N(C)S(C)(=O)=O)c(-c3ccc4ncn(-c5ccc(F)cc5)c4n3)cc12. The Morgan fingerprint density at radius 2 is 1.64 bits per heavy atom. The van der Waals surface area contributed by atoms with E-state index in [1.165, 1.54) is 56.6 Å². The standard InChI is InChI=1S/C30H23F2N5O4S/c1-33-30(38)27-22-14-21(23-12-13-24-29(35-23)37(16-34-24)20-10-8-19(32)9-11-20)25(36(2)42(3,39)40)15-26(22)41-28(27)17-4-6-18(31)7-5-17/h4-16H,1-3H3,(H,33,38). The van der Waals surface area contributed by atoms with Gasteiger partial charge in [-0.1, -0.05) is 0 Å². The van der Waals surface area contributed by atoms with Crippen molar-refractivity contribution in [3.8, 4) is 28.3 Å². The van der Waals surface area contributed by atoms with Crippen molar-refractivity contribution in [2.75, 3.05) is 24.7 Å². The second-order valence-electron chi connectivity index (χ2n) is 9.62. The second-order valence-corrected chi connectivity index (χ2v) is 11.6. The number of fused-ring (bicyclic) bond motifs is 2. The van der Waals surface area contributed by atoms with Crippen LogP contribution >= 0.6 is 0 Å². The van der Waals surface area contributed by atoms with Crippen LogP contribution in [0.4, 0.5) is 14.5 Å². The van der Waals surface area contributed by atoms with E-state index in [2.05, 4.69) is 10.3 Å². The van der Waals surface area contributed by atoms with Gasteiger partial charge in [-0.3, -0.25) is 13.7 Å². The van der Waals surface area contributed by atoms with E-state index in [0.717, 1.165) is 10.6 Å². The number of nitrogens with one attached hydrogen (secondary N) is 1. The highest BCUT2D eigenvalue weighted by Crippen LogP contribution is 2.41. The number of furan rings is 1. The van der Waals surface area contributed by atoms with Gasteiger partial charge in [0.1, 0.15) is 34.8 Å². The second kappa shape index (κ2) is 10.1. The van der Waals surface area contributed by atoms with Crippen molar-refractivity contribution in [3.63, 3.8) is 0 Å². The van der Waals surface area contributed by atoms with Crippen LogP contribution in [0.2, 0.25) is 0 Å². The summed E-state index contributed by atoms with van der Waals surface area (Å²) in [5.41, 5.74) is 3.63. The molecule has 0 aliphatic rings. The molecule has 0 saturated carbocycles. The molecule has 0 aliphatic heterocycles. The number of nitrogens with zero attached hydrogens (tertiary/aromatic N) is 4. The molecule has 12 heteroatoms. The van der Waals surface area contributed by atoms with Gasteiger partial charge in [0, 0.05) is 42.4 Å². The first-order valence-electron chi connectivity index (χ1n) is 12.7. The van der Waals surface area contributed by atoms with Crippen LogP contribution in [0.1, 0.15) is 10.4 Å². The van der Waals surface area contributed by atoms with E-state index < -0.39 is 21.7 Å². The Bertz CT molecular complexity index is 2100. The van der Waals surface area contributed by atoms with Crippen molar-refractivity contribution in [2.24, 2.45) is 0 Å². The molecule has 3 heterocycles. The van der Waals surface area contributed by atoms with Crippen LogP contribution in [0.25, 0.3) is 50.4 Å². The minimum Gasteiger partial charge on any atom is -0.455 e. The van der Waals surface area contributed by atoms with Crippen LogP contribution < -0.4 is 9.62 Å². The summed E-state index contributed by atoms with van der Waals surface area (Å²) in [5.74, 6) is -1.07. The number of benzene rings is 3. The van der Waals surface area contributed by atoms with E-state index in [9.17, 15) is 22.0 Å². The minimum absolute atomic E-state index is 0.200. The van der Waals surface area contributed by atoms with Crippen LogP contribution in [0.3, 0.4) is 0 Å². The molecule has 0 radical (unpaired) electrons. The van der Waals surface area contributed by atoms with E-state index in [1.54, 1.807) is 41.2 Å². The van der Waals surface area contributed by atoms with E-state index in [1.807, 2.05) is 0 Å². The normalized spacial score (nSPS) is 11.7. The number of amides is 1. The number of rotatable bonds is 6. The van der Waals surface area contributed by atoms with E-state index in [4.69, 9.17) is 9.40 Å². The number of carbonyl (C=O) groups excluding carboxylic acids is 1. The van der Waals surface area contributed by atoms with E-state index in [-0.39, 0.29) is 28.4 Å². The van der Waals surface area contributed by atoms with Crippen molar-refractivity contribution in [3.05, 3.63) is 96.3 Å². The molecule has 9 nitrogen and oxygen atoms in total. The fraction of sp³-hybridized carbons (Fsp3) is 0.100. The van der Waals surface area contributed by atoms with Gasteiger partial charge in [-0.05, 0) is 66.7 Å². The summed E-state index contributed by atoms with van der Waals surface area (Å²) < 4.78 is 61.5. The van der Waals surface area contributed by atoms with Crippen molar-refractivity contribution >= 4 is 43.8 Å². The molecule has 0 bridgehead atoms. The fourth-order valence-electron chi connectivity index (χ4n) is 4.77. The first-order valence-corrected chi connectivity index (χ1v) is 14.5. The average molecular weight is 588 g/mol. The summed E-state index contributed by atoms with van der Waals surface area (Å²) >= 11 is 0. The molecule has 212 valence electrons. The van der Waals surface area contributed by atoms with Crippen LogP contribution in [-0.2, 0) is 10.0 Å². The number of hydrogen-bond donors (Lipinski definition) is 1. The van der Waals surface area contributed by atoms with E-state index in [0.29, 0.717) is 39.1 Å². The van der Waals surface area contributed by atoms with Gasteiger partial charge in [-0.25, -0.2) is 27.2 Å². The molecule has 0 atom stereocenters. The summed E-state index contributed by atoms with van der Waals surface area (Å²) in [4.78, 5) is 22.3. The molecule has 42 heavy (non-hydrogen) atoms. The molecule has 0 aliphatic carbocycles. The largest absolute Gasteiger partial charge is 0.455 e. The summed E-state index contributed by atoms with van der Waals surface area (Å²) in [6.07, 6.45) is 2.64. The zero-order chi connectivity index (χ0) is 29.8. The Morgan fingerprint density at radius 3 is 2.29 bits per heavy atom. The quantitative estimate of drug-likeness (QED) is 0.274. The van der Waals surface area contributed by atoms with Gasteiger partial charge in [-0.15, -0.1) is 0 Å². The third-order valence-corrected chi connectivity index (χ3v) is 8.17. The summed E-state index contributed by atoms with van der Waals surface area (Å²) in [6, 6.07) is 18.0. The molecule has 0 fully saturated rings. The Hall–Kier alpha value is -5.10. The topological polar surface area (TPSA) is 110 Å². The maximum Gasteiger partial charge on any atom is 0.255 e. The van der Waals surface area contributed by atoms with Crippen LogP contribution in [0.5, 0.6) is 0 Å². The van der Waals surface area contributed by atoms with Gasteiger partial charge in [-0.2, -0.15) is 0 Å².